The Kier molecular flexibility index (Phi) is 6.27. The molecule has 2 heterocycles. The lowest BCUT2D eigenvalue weighted by Crippen LogP contribution is -2.54. The van der Waals surface area contributed by atoms with Crippen molar-refractivity contribution >= 4 is 39.6 Å². The number of thioether (sulfide) groups is 1. The van der Waals surface area contributed by atoms with E-state index in [-0.39, 0.29) is 29.4 Å². The highest BCUT2D eigenvalue weighted by Gasteiger charge is 2.41. The van der Waals surface area contributed by atoms with E-state index in [0.717, 1.165) is 38.2 Å². The predicted octanol–water partition coefficient (Wildman–Crippen LogP) is 5.00. The van der Waals surface area contributed by atoms with Gasteiger partial charge in [-0.05, 0) is 43.7 Å². The summed E-state index contributed by atoms with van der Waals surface area (Å²) in [6.45, 7) is 5.99. The second kappa shape index (κ2) is 8.42. The Morgan fingerprint density at radius 2 is 1.87 bits per heavy atom. The highest BCUT2D eigenvalue weighted by molar-refractivity contribution is 8.13. The lowest BCUT2D eigenvalue weighted by Gasteiger charge is -2.37. The Hall–Kier alpha value is -2.34. The molecule has 1 aromatic carbocycles. The third-order valence-electron chi connectivity index (χ3n) is 4.42. The largest absolute Gasteiger partial charge is 0.445 e. The van der Waals surface area contributed by atoms with Crippen molar-refractivity contribution in [3.63, 3.8) is 0 Å². The molecule has 1 aliphatic rings. The fourth-order valence-electron chi connectivity index (χ4n) is 3.13. The van der Waals surface area contributed by atoms with E-state index < -0.39 is 28.7 Å². The van der Waals surface area contributed by atoms with Gasteiger partial charge in [0.25, 0.3) is 0 Å². The number of hydrogen-bond donors (Lipinski definition) is 0. The molecule has 3 rings (SSSR count). The molecule has 1 saturated heterocycles. The summed E-state index contributed by atoms with van der Waals surface area (Å²) in [6, 6.07) is 3.26. The Bertz CT molecular complexity index is 957. The minimum absolute atomic E-state index is 0.224. The minimum atomic E-state index is -4.68. The van der Waals surface area contributed by atoms with Gasteiger partial charge in [-0.2, -0.15) is 13.2 Å². The van der Waals surface area contributed by atoms with E-state index in [1.807, 2.05) is 32.9 Å². The maximum absolute atomic E-state index is 12.9. The van der Waals surface area contributed by atoms with Gasteiger partial charge in [-0.3, -0.25) is 0 Å². The molecule has 0 bridgehead atoms. The van der Waals surface area contributed by atoms with Gasteiger partial charge in [0.1, 0.15) is 0 Å². The summed E-state index contributed by atoms with van der Waals surface area (Å²) in [7, 11) is 1.51. The predicted molar refractivity (Wildman–Crippen MR) is 107 cm³/mol. The lowest BCUT2D eigenvalue weighted by atomic mass is 10.1. The van der Waals surface area contributed by atoms with Crippen molar-refractivity contribution in [1.29, 1.82) is 0 Å². The third-order valence-corrected chi connectivity index (χ3v) is 6.50. The first-order chi connectivity index (χ1) is 14.0. The second-order valence-electron chi connectivity index (χ2n) is 6.90. The van der Waals surface area contributed by atoms with Gasteiger partial charge in [-0.1, -0.05) is 29.0 Å². The van der Waals surface area contributed by atoms with Crippen LogP contribution in [0.1, 0.15) is 28.1 Å². The van der Waals surface area contributed by atoms with Crippen molar-refractivity contribution in [3.8, 4) is 0 Å². The van der Waals surface area contributed by atoms with Crippen LogP contribution in [-0.2, 0) is 10.9 Å². The number of benzene rings is 1. The van der Waals surface area contributed by atoms with E-state index in [4.69, 9.17) is 4.74 Å². The highest BCUT2D eigenvalue weighted by Crippen LogP contribution is 2.37. The van der Waals surface area contributed by atoms with Crippen LogP contribution in [0.3, 0.4) is 0 Å². The quantitative estimate of drug-likeness (QED) is 0.474. The standard InChI is InChI=1S/C18H19F3N4O3S2/c1-9-7-10(2)13(11(3)8-9)29-17(27)28-12-5-6-24(4)16(26)25(12)15-23-22-14(30-15)18(19,20)21/h7-8,12H,5-6H2,1-4H3. The smallest absolute Gasteiger partial charge is 0.433 e. The van der Waals surface area contributed by atoms with Gasteiger partial charge in [0.05, 0.1) is 0 Å². The summed E-state index contributed by atoms with van der Waals surface area (Å²) in [5, 5.41) is 4.51. The summed E-state index contributed by atoms with van der Waals surface area (Å²) >= 11 is 1.11. The Balaban J connectivity index is 1.82. The minimum Gasteiger partial charge on any atom is -0.433 e. The average Bonchev–Trinajstić information content (AvgIpc) is 3.11. The number of carbonyl (C=O) groups is 2. The van der Waals surface area contributed by atoms with E-state index in [1.165, 1.54) is 11.9 Å². The summed E-state index contributed by atoms with van der Waals surface area (Å²) in [6.07, 6.45) is -5.53. The molecule has 0 saturated carbocycles. The summed E-state index contributed by atoms with van der Waals surface area (Å²) in [5.74, 6) is 0. The van der Waals surface area contributed by atoms with E-state index in [2.05, 4.69) is 10.2 Å². The number of amides is 2. The van der Waals surface area contributed by atoms with Gasteiger partial charge >= 0.3 is 17.5 Å². The topological polar surface area (TPSA) is 75.6 Å². The molecule has 1 unspecified atom stereocenters. The van der Waals surface area contributed by atoms with Crippen LogP contribution in [0, 0.1) is 20.8 Å². The van der Waals surface area contributed by atoms with Gasteiger partial charge in [0, 0.05) is 24.9 Å². The maximum atomic E-state index is 12.9. The van der Waals surface area contributed by atoms with Crippen molar-refractivity contribution in [2.24, 2.45) is 0 Å². The zero-order chi connectivity index (χ0) is 22.2. The summed E-state index contributed by atoms with van der Waals surface area (Å²) in [4.78, 5) is 28.2. The molecule has 1 fully saturated rings. The maximum Gasteiger partial charge on any atom is 0.445 e. The Labute approximate surface area is 179 Å². The van der Waals surface area contributed by atoms with Crippen molar-refractivity contribution in [3.05, 3.63) is 33.8 Å². The number of aryl methyl sites for hydroxylation is 3. The molecule has 1 atom stereocenters. The molecule has 0 N–H and O–H groups in total. The molecule has 0 spiro atoms. The van der Waals surface area contributed by atoms with Gasteiger partial charge in [-0.15, -0.1) is 10.2 Å². The number of carbonyl (C=O) groups excluding carboxylic acids is 2. The number of rotatable bonds is 3. The first-order valence-electron chi connectivity index (χ1n) is 8.88. The fraction of sp³-hybridized carbons (Fsp3) is 0.444. The monoisotopic (exact) mass is 460 g/mol. The number of anilines is 1. The number of alkyl halides is 3. The molecule has 2 aromatic rings. The molecule has 7 nitrogen and oxygen atoms in total. The van der Waals surface area contributed by atoms with Gasteiger partial charge < -0.3 is 9.64 Å². The van der Waals surface area contributed by atoms with E-state index >= 15 is 0 Å². The van der Waals surface area contributed by atoms with Crippen LogP contribution in [0.15, 0.2) is 17.0 Å². The van der Waals surface area contributed by atoms with Crippen molar-refractivity contribution in [2.75, 3.05) is 18.5 Å². The molecule has 0 aliphatic carbocycles. The number of halogens is 3. The molecule has 30 heavy (non-hydrogen) atoms. The van der Waals surface area contributed by atoms with Crippen LogP contribution in [0.25, 0.3) is 0 Å². The number of ether oxygens (including phenoxy) is 1. The molecular weight excluding hydrogens is 441 g/mol. The van der Waals surface area contributed by atoms with Crippen LogP contribution >= 0.6 is 23.1 Å². The van der Waals surface area contributed by atoms with Gasteiger partial charge in [-0.25, -0.2) is 14.5 Å². The van der Waals surface area contributed by atoms with E-state index in [0.29, 0.717) is 0 Å². The summed E-state index contributed by atoms with van der Waals surface area (Å²) < 4.78 is 44.2. The fourth-order valence-corrected chi connectivity index (χ4v) is 4.64. The van der Waals surface area contributed by atoms with Gasteiger partial charge in [0.15, 0.2) is 6.23 Å². The molecule has 2 amide bonds. The number of hydrogen-bond acceptors (Lipinski definition) is 7. The second-order valence-corrected chi connectivity index (χ2v) is 8.80. The molecule has 12 heteroatoms. The first kappa shape index (κ1) is 22.3. The molecular formula is C18H19F3N4O3S2. The van der Waals surface area contributed by atoms with Gasteiger partial charge in [0.2, 0.25) is 10.1 Å². The van der Waals surface area contributed by atoms with Crippen LogP contribution < -0.4 is 4.90 Å². The Morgan fingerprint density at radius 3 is 2.43 bits per heavy atom. The van der Waals surface area contributed by atoms with E-state index in [9.17, 15) is 22.8 Å². The number of aromatic nitrogens is 2. The van der Waals surface area contributed by atoms with Crippen LogP contribution in [-0.4, -0.2) is 46.3 Å². The number of urea groups is 1. The normalized spacial score (nSPS) is 17.4. The zero-order valence-corrected chi connectivity index (χ0v) is 18.2. The highest BCUT2D eigenvalue weighted by atomic mass is 32.2. The van der Waals surface area contributed by atoms with Crippen molar-refractivity contribution < 1.29 is 27.5 Å². The first-order valence-corrected chi connectivity index (χ1v) is 10.5. The zero-order valence-electron chi connectivity index (χ0n) is 16.6. The molecule has 1 aliphatic heterocycles. The van der Waals surface area contributed by atoms with Crippen molar-refractivity contribution in [1.82, 2.24) is 15.1 Å². The van der Waals surface area contributed by atoms with Crippen LogP contribution in [0.4, 0.5) is 27.9 Å². The lowest BCUT2D eigenvalue weighted by molar-refractivity contribution is -0.138. The summed E-state index contributed by atoms with van der Waals surface area (Å²) in [5.41, 5.74) is 2.88. The number of nitrogens with zero attached hydrogens (tertiary/aromatic N) is 4. The molecule has 162 valence electrons. The SMILES string of the molecule is Cc1cc(C)c(SC(=O)OC2CCN(C)C(=O)N2c2nnc(C(F)(F)F)s2)c(C)c1. The Morgan fingerprint density at radius 1 is 1.23 bits per heavy atom. The average molecular weight is 461 g/mol. The van der Waals surface area contributed by atoms with Crippen molar-refractivity contribution in [2.45, 2.75) is 44.5 Å². The van der Waals surface area contributed by atoms with E-state index in [1.54, 1.807) is 0 Å². The van der Waals surface area contributed by atoms with Crippen LogP contribution in [0.2, 0.25) is 0 Å². The third kappa shape index (κ3) is 4.69. The van der Waals surface area contributed by atoms with Crippen LogP contribution in [0.5, 0.6) is 0 Å². The molecule has 0 radical (unpaired) electrons. The molecule has 1 aromatic heterocycles.